The number of non-ortho nitro benzene ring substituents is 1. The molecule has 0 unspecified atom stereocenters. The minimum absolute atomic E-state index is 0.135. The molecule has 0 amide bonds. The van der Waals surface area contributed by atoms with Gasteiger partial charge in [0.25, 0.3) is 5.69 Å². The van der Waals surface area contributed by atoms with Crippen molar-refractivity contribution < 1.29 is 4.92 Å². The van der Waals surface area contributed by atoms with Gasteiger partial charge in [-0.1, -0.05) is 26.7 Å². The van der Waals surface area contributed by atoms with Crippen molar-refractivity contribution >= 4 is 11.4 Å². The summed E-state index contributed by atoms with van der Waals surface area (Å²) in [6, 6.07) is 6.55. The zero-order valence-electron chi connectivity index (χ0n) is 10.5. The van der Waals surface area contributed by atoms with Crippen molar-refractivity contribution in [1.29, 1.82) is 0 Å². The van der Waals surface area contributed by atoms with E-state index in [1.807, 2.05) is 0 Å². The van der Waals surface area contributed by atoms with Gasteiger partial charge in [0.05, 0.1) is 4.92 Å². The van der Waals surface area contributed by atoms with Crippen molar-refractivity contribution in [2.75, 3.05) is 11.9 Å². The van der Waals surface area contributed by atoms with Gasteiger partial charge in [0.1, 0.15) is 0 Å². The van der Waals surface area contributed by atoms with Gasteiger partial charge in [-0.2, -0.15) is 0 Å². The highest BCUT2D eigenvalue weighted by Gasteiger charge is 2.03. The summed E-state index contributed by atoms with van der Waals surface area (Å²) in [7, 11) is 0. The molecule has 0 bridgehead atoms. The highest BCUT2D eigenvalue weighted by Crippen LogP contribution is 2.15. The Balaban J connectivity index is 2.25. The second-order valence-corrected chi connectivity index (χ2v) is 4.62. The van der Waals surface area contributed by atoms with Crippen molar-refractivity contribution in [1.82, 2.24) is 0 Å². The van der Waals surface area contributed by atoms with Crippen molar-refractivity contribution in [2.24, 2.45) is 5.92 Å². The molecular weight excluding hydrogens is 216 g/mol. The van der Waals surface area contributed by atoms with E-state index in [2.05, 4.69) is 19.2 Å². The molecule has 0 radical (unpaired) electrons. The molecule has 4 nitrogen and oxygen atoms in total. The van der Waals surface area contributed by atoms with Crippen molar-refractivity contribution in [3.05, 3.63) is 34.4 Å². The quantitative estimate of drug-likeness (QED) is 0.444. The number of rotatable bonds is 7. The highest BCUT2D eigenvalue weighted by atomic mass is 16.6. The lowest BCUT2D eigenvalue weighted by Crippen LogP contribution is -2.02. The molecule has 0 aromatic heterocycles. The zero-order valence-corrected chi connectivity index (χ0v) is 10.5. The molecule has 1 aromatic rings. The largest absolute Gasteiger partial charge is 0.385 e. The van der Waals surface area contributed by atoms with Gasteiger partial charge in [0.2, 0.25) is 0 Å². The smallest absolute Gasteiger partial charge is 0.269 e. The first-order valence-electron chi connectivity index (χ1n) is 6.08. The fraction of sp³-hybridized carbons (Fsp3) is 0.538. The average molecular weight is 236 g/mol. The third-order valence-corrected chi connectivity index (χ3v) is 2.62. The Labute approximate surface area is 102 Å². The molecule has 0 heterocycles. The van der Waals surface area contributed by atoms with E-state index in [9.17, 15) is 10.1 Å². The number of hydrogen-bond donors (Lipinski definition) is 1. The summed E-state index contributed by atoms with van der Waals surface area (Å²) in [6.07, 6.45) is 3.61. The molecule has 1 aromatic carbocycles. The molecule has 4 heteroatoms. The molecule has 0 aliphatic carbocycles. The molecule has 1 rings (SSSR count). The van der Waals surface area contributed by atoms with Crippen molar-refractivity contribution in [3.8, 4) is 0 Å². The van der Waals surface area contributed by atoms with Crippen LogP contribution in [-0.4, -0.2) is 11.5 Å². The lowest BCUT2D eigenvalue weighted by Gasteiger charge is -2.07. The van der Waals surface area contributed by atoms with Crippen LogP contribution in [0, 0.1) is 16.0 Å². The normalized spacial score (nSPS) is 10.5. The summed E-state index contributed by atoms with van der Waals surface area (Å²) < 4.78 is 0. The van der Waals surface area contributed by atoms with Crippen LogP contribution in [0.4, 0.5) is 11.4 Å². The van der Waals surface area contributed by atoms with Crippen LogP contribution in [-0.2, 0) is 0 Å². The van der Waals surface area contributed by atoms with E-state index < -0.39 is 0 Å². The molecule has 0 atom stereocenters. The molecule has 1 N–H and O–H groups in total. The monoisotopic (exact) mass is 236 g/mol. The maximum Gasteiger partial charge on any atom is 0.269 e. The summed E-state index contributed by atoms with van der Waals surface area (Å²) >= 11 is 0. The Hall–Kier alpha value is -1.58. The van der Waals surface area contributed by atoms with Crippen molar-refractivity contribution in [3.63, 3.8) is 0 Å². The van der Waals surface area contributed by atoms with E-state index in [-0.39, 0.29) is 10.6 Å². The number of nitro benzene ring substituents is 1. The van der Waals surface area contributed by atoms with E-state index in [1.165, 1.54) is 25.0 Å². The number of benzene rings is 1. The molecule has 17 heavy (non-hydrogen) atoms. The van der Waals surface area contributed by atoms with E-state index in [1.54, 1.807) is 12.1 Å². The fourth-order valence-electron chi connectivity index (χ4n) is 1.61. The Bertz CT molecular complexity index is 347. The van der Waals surface area contributed by atoms with E-state index in [4.69, 9.17) is 0 Å². The van der Waals surface area contributed by atoms with Gasteiger partial charge < -0.3 is 5.32 Å². The predicted octanol–water partition coefficient (Wildman–Crippen LogP) is 3.83. The lowest BCUT2D eigenvalue weighted by atomic mass is 10.1. The van der Waals surface area contributed by atoms with Gasteiger partial charge in [-0.15, -0.1) is 0 Å². The van der Waals surface area contributed by atoms with Crippen LogP contribution in [0.1, 0.15) is 33.1 Å². The summed E-state index contributed by atoms with van der Waals surface area (Å²) in [6.45, 7) is 5.37. The molecule has 0 spiro atoms. The molecule has 94 valence electrons. The van der Waals surface area contributed by atoms with Gasteiger partial charge >= 0.3 is 0 Å². The fourth-order valence-corrected chi connectivity index (χ4v) is 1.61. The van der Waals surface area contributed by atoms with Crippen LogP contribution in [0.5, 0.6) is 0 Å². The lowest BCUT2D eigenvalue weighted by molar-refractivity contribution is -0.384. The summed E-state index contributed by atoms with van der Waals surface area (Å²) in [5.74, 6) is 0.759. The SMILES string of the molecule is CC(C)CCCCNc1ccc([N+](=O)[O-])cc1. The van der Waals surface area contributed by atoms with Crippen LogP contribution < -0.4 is 5.32 Å². The topological polar surface area (TPSA) is 55.2 Å². The van der Waals surface area contributed by atoms with Crippen LogP contribution in [0.3, 0.4) is 0 Å². The van der Waals surface area contributed by atoms with Crippen LogP contribution in [0.15, 0.2) is 24.3 Å². The highest BCUT2D eigenvalue weighted by molar-refractivity contribution is 5.48. The van der Waals surface area contributed by atoms with Gasteiger partial charge in [-0.3, -0.25) is 10.1 Å². The van der Waals surface area contributed by atoms with Gasteiger partial charge in [-0.25, -0.2) is 0 Å². The Kier molecular flexibility index (Phi) is 5.46. The third-order valence-electron chi connectivity index (χ3n) is 2.62. The average Bonchev–Trinajstić information content (AvgIpc) is 2.29. The van der Waals surface area contributed by atoms with Crippen LogP contribution in [0.25, 0.3) is 0 Å². The van der Waals surface area contributed by atoms with E-state index >= 15 is 0 Å². The zero-order chi connectivity index (χ0) is 12.7. The van der Waals surface area contributed by atoms with Crippen LogP contribution >= 0.6 is 0 Å². The summed E-state index contributed by atoms with van der Waals surface area (Å²) in [4.78, 5) is 10.1. The maximum atomic E-state index is 10.5. The molecule has 0 fully saturated rings. The van der Waals surface area contributed by atoms with Gasteiger partial charge in [0, 0.05) is 24.4 Å². The maximum absolute atomic E-state index is 10.5. The molecule has 0 aliphatic heterocycles. The predicted molar refractivity (Wildman–Crippen MR) is 70.3 cm³/mol. The van der Waals surface area contributed by atoms with Gasteiger partial charge in [0.15, 0.2) is 0 Å². The number of nitrogens with one attached hydrogen (secondary N) is 1. The minimum Gasteiger partial charge on any atom is -0.385 e. The minimum atomic E-state index is -0.383. The first-order valence-corrected chi connectivity index (χ1v) is 6.08. The number of hydrogen-bond acceptors (Lipinski definition) is 3. The number of nitro groups is 1. The Morgan fingerprint density at radius 2 is 1.88 bits per heavy atom. The van der Waals surface area contributed by atoms with Crippen LogP contribution in [0.2, 0.25) is 0 Å². The number of unbranched alkanes of at least 4 members (excludes halogenated alkanes) is 1. The Morgan fingerprint density at radius 3 is 2.41 bits per heavy atom. The van der Waals surface area contributed by atoms with E-state index in [0.29, 0.717) is 0 Å². The molecular formula is C13H20N2O2. The van der Waals surface area contributed by atoms with Gasteiger partial charge in [-0.05, 0) is 24.5 Å². The second-order valence-electron chi connectivity index (χ2n) is 4.62. The third kappa shape index (κ3) is 5.33. The summed E-state index contributed by atoms with van der Waals surface area (Å²) in [5, 5.41) is 13.7. The Morgan fingerprint density at radius 1 is 1.24 bits per heavy atom. The number of nitrogens with zero attached hydrogens (tertiary/aromatic N) is 1. The first kappa shape index (κ1) is 13.5. The standard InChI is InChI=1S/C13H20N2O2/c1-11(2)5-3-4-10-14-12-6-8-13(9-7-12)15(16)17/h6-9,11,14H,3-5,10H2,1-2H3. The first-order chi connectivity index (χ1) is 8.09. The molecule has 0 aliphatic rings. The van der Waals surface area contributed by atoms with E-state index in [0.717, 1.165) is 24.6 Å². The van der Waals surface area contributed by atoms with Crippen molar-refractivity contribution in [2.45, 2.75) is 33.1 Å². The number of anilines is 1. The molecule has 0 saturated heterocycles. The summed E-state index contributed by atoms with van der Waals surface area (Å²) in [5.41, 5.74) is 1.08. The second kappa shape index (κ2) is 6.89. The molecule has 0 saturated carbocycles.